The summed E-state index contributed by atoms with van der Waals surface area (Å²) in [6, 6.07) is 4.06. The molecule has 2 heterocycles. The summed E-state index contributed by atoms with van der Waals surface area (Å²) in [4.78, 5) is 63.8. The van der Waals surface area contributed by atoms with Gasteiger partial charge in [0.15, 0.2) is 0 Å². The first-order valence-electron chi connectivity index (χ1n) is 22.0. The van der Waals surface area contributed by atoms with Crippen LogP contribution >= 0.6 is 0 Å². The minimum absolute atomic E-state index is 0.0447. The molecular formula is C44H64F2N6O9S. The van der Waals surface area contributed by atoms with Gasteiger partial charge in [0.2, 0.25) is 34.6 Å². The summed E-state index contributed by atoms with van der Waals surface area (Å²) in [6.07, 6.45) is 3.51. The van der Waals surface area contributed by atoms with E-state index in [1.54, 1.807) is 25.1 Å². The number of halogens is 2. The van der Waals surface area contributed by atoms with Crippen LogP contribution in [0.3, 0.4) is 0 Å². The van der Waals surface area contributed by atoms with Crippen molar-refractivity contribution in [2.45, 2.75) is 166 Å². The minimum Gasteiger partial charge on any atom is -0.497 e. The fourth-order valence-electron chi connectivity index (χ4n) is 8.97. The van der Waals surface area contributed by atoms with E-state index in [0.717, 1.165) is 44.9 Å². The normalized spacial score (nSPS) is 28.3. The number of likely N-dealkylation sites (tertiary alicyclic amines) is 1. The third-order valence-corrected chi connectivity index (χ3v) is 16.3. The largest absolute Gasteiger partial charge is 0.497 e. The Morgan fingerprint density at radius 2 is 1.79 bits per heavy atom. The maximum Gasteiger partial charge on any atom is 0.407 e. The van der Waals surface area contributed by atoms with Crippen LogP contribution in [0.25, 0.3) is 11.0 Å². The van der Waals surface area contributed by atoms with Crippen LogP contribution in [0.1, 0.15) is 125 Å². The number of nitrogens with one attached hydrogen (secondary N) is 3. The second-order valence-corrected chi connectivity index (χ2v) is 21.6. The topological polar surface area (TPSA) is 195 Å². The number of hydrogen-bond donors (Lipinski definition) is 3. The van der Waals surface area contributed by atoms with Crippen molar-refractivity contribution in [3.8, 4) is 11.6 Å². The number of alkyl carbamates (subject to hydrolysis) is 1. The number of hydrogen-bond acceptors (Lipinski definition) is 11. The first-order chi connectivity index (χ1) is 29.1. The van der Waals surface area contributed by atoms with Crippen LogP contribution in [-0.2, 0) is 35.6 Å². The van der Waals surface area contributed by atoms with E-state index in [0.29, 0.717) is 54.6 Å². The summed E-state index contributed by atoms with van der Waals surface area (Å²) in [5, 5.41) is 5.46. The molecule has 0 spiro atoms. The standard InChI is InChI=1S/C44H64F2N6O9S/c1-9-29-34(24-52(25-53)35(29)37(54)50-44(23-30(44)36(45)46)39(55)51-62(57,58)42(6)20-21-42)60-38-32(48-31-18-17-28(59-8)22-33(31)49-38)16-12-10-11-14-27-15-13-19-43(27,7)61-40(56)47-26(2)41(3,4)5/h17-18,22,25-27,29-30,34-36H,9-16,19-21,23-24H2,1-8H3,(H,47,56)(H,50,54)(H,51,55)/t26-,27-,29-,30+,34+,35?,43-,44-/m1/s1. The summed E-state index contributed by atoms with van der Waals surface area (Å²) >= 11 is 0. The van der Waals surface area contributed by atoms with E-state index in [1.807, 2.05) is 18.6 Å². The molecule has 0 bridgehead atoms. The SMILES string of the molecule is CC[C@H]1C(C(=O)N[C@]2(C(=O)NS(=O)(=O)C3(C)CC3)C[C@H]2C(F)F)N(C=O)C[C@@H]1Oc1nc2cc(OC)ccc2nc1CCCCC[C@@H]1CCC[C@@]1(C)OC(=O)N[C@H](C)C(C)(C)C. The molecule has 344 valence electrons. The molecule has 15 nitrogen and oxygen atoms in total. The molecule has 3 N–H and O–H groups in total. The van der Waals surface area contributed by atoms with Crippen molar-refractivity contribution in [2.24, 2.45) is 23.2 Å². The molecule has 1 aromatic heterocycles. The first-order valence-corrected chi connectivity index (χ1v) is 23.5. The van der Waals surface area contributed by atoms with Gasteiger partial charge in [-0.3, -0.25) is 19.1 Å². The van der Waals surface area contributed by atoms with Crippen LogP contribution < -0.4 is 24.8 Å². The van der Waals surface area contributed by atoms with Gasteiger partial charge in [0.1, 0.15) is 34.7 Å². The number of alkyl halides is 2. The minimum atomic E-state index is -4.18. The maximum atomic E-state index is 14.1. The lowest BCUT2D eigenvalue weighted by molar-refractivity contribution is -0.136. The number of rotatable bonds is 19. The maximum absolute atomic E-state index is 14.1. The number of methoxy groups -OCH3 is 1. The summed E-state index contributed by atoms with van der Waals surface area (Å²) in [5.74, 6) is -3.32. The van der Waals surface area contributed by atoms with Gasteiger partial charge in [0.25, 0.3) is 5.91 Å². The molecule has 8 atom stereocenters. The van der Waals surface area contributed by atoms with Crippen molar-refractivity contribution in [3.63, 3.8) is 0 Å². The van der Waals surface area contributed by atoms with E-state index in [2.05, 4.69) is 31.4 Å². The number of ether oxygens (including phenoxy) is 3. The molecule has 1 unspecified atom stereocenters. The lowest BCUT2D eigenvalue weighted by Gasteiger charge is -2.34. The lowest BCUT2D eigenvalue weighted by Crippen LogP contribution is -2.58. The van der Waals surface area contributed by atoms with Crippen LogP contribution in [0.5, 0.6) is 11.6 Å². The van der Waals surface area contributed by atoms with E-state index >= 15 is 0 Å². The molecule has 3 aliphatic carbocycles. The van der Waals surface area contributed by atoms with Crippen LogP contribution in [0.15, 0.2) is 18.2 Å². The van der Waals surface area contributed by atoms with E-state index < -0.39 is 74.6 Å². The van der Waals surface area contributed by atoms with Gasteiger partial charge in [0, 0.05) is 18.0 Å². The predicted octanol–water partition coefficient (Wildman–Crippen LogP) is 6.21. The average Bonchev–Trinajstić information content (AvgIpc) is 4.07. The first kappa shape index (κ1) is 47.1. The molecule has 3 saturated carbocycles. The number of unbranched alkanes of at least 4 members (excludes halogenated alkanes) is 2. The molecule has 18 heteroatoms. The van der Waals surface area contributed by atoms with Gasteiger partial charge in [0.05, 0.1) is 35.4 Å². The number of aromatic nitrogens is 2. The van der Waals surface area contributed by atoms with E-state index in [1.165, 1.54) is 18.9 Å². The molecule has 4 amide bonds. The zero-order valence-corrected chi connectivity index (χ0v) is 38.0. The molecule has 1 aromatic carbocycles. The summed E-state index contributed by atoms with van der Waals surface area (Å²) in [6.45, 7) is 13.4. The molecule has 4 fully saturated rings. The number of fused-ring (bicyclic) bond motifs is 1. The van der Waals surface area contributed by atoms with Crippen molar-refractivity contribution < 1.29 is 50.6 Å². The molecule has 0 radical (unpaired) electrons. The number of aryl methyl sites for hydroxylation is 1. The highest BCUT2D eigenvalue weighted by Crippen LogP contribution is 2.50. The molecule has 62 heavy (non-hydrogen) atoms. The summed E-state index contributed by atoms with van der Waals surface area (Å²) < 4.78 is 72.8. The van der Waals surface area contributed by atoms with Gasteiger partial charge >= 0.3 is 6.09 Å². The Kier molecular flexibility index (Phi) is 13.7. The van der Waals surface area contributed by atoms with E-state index in [9.17, 15) is 36.4 Å². The lowest BCUT2D eigenvalue weighted by atomic mass is 9.87. The molecule has 6 rings (SSSR count). The Balaban J connectivity index is 1.14. The van der Waals surface area contributed by atoms with Gasteiger partial charge in [-0.05, 0) is 108 Å². The third-order valence-electron chi connectivity index (χ3n) is 14.1. The summed E-state index contributed by atoms with van der Waals surface area (Å²) in [7, 11) is -2.64. The van der Waals surface area contributed by atoms with Gasteiger partial charge in [-0.2, -0.15) is 0 Å². The van der Waals surface area contributed by atoms with Crippen molar-refractivity contribution >= 4 is 45.4 Å². The molecule has 4 aliphatic rings. The van der Waals surface area contributed by atoms with Crippen molar-refractivity contribution in [3.05, 3.63) is 23.9 Å². The number of amides is 4. The van der Waals surface area contributed by atoms with E-state index in [4.69, 9.17) is 24.2 Å². The zero-order valence-electron chi connectivity index (χ0n) is 37.2. The zero-order chi connectivity index (χ0) is 45.4. The van der Waals surface area contributed by atoms with Crippen molar-refractivity contribution in [1.82, 2.24) is 30.2 Å². The fraction of sp³-hybridized carbons (Fsp3) is 0.727. The molecular weight excluding hydrogens is 827 g/mol. The second-order valence-electron chi connectivity index (χ2n) is 19.4. The number of benzene rings is 1. The van der Waals surface area contributed by atoms with Gasteiger partial charge in [-0.25, -0.2) is 32.0 Å². The molecule has 2 aromatic rings. The number of carbonyl (C=O) groups excluding carboxylic acids is 4. The van der Waals surface area contributed by atoms with Crippen LogP contribution in [0.2, 0.25) is 0 Å². The van der Waals surface area contributed by atoms with Gasteiger partial charge < -0.3 is 29.7 Å². The Hall–Kier alpha value is -4.35. The smallest absolute Gasteiger partial charge is 0.407 e. The second kappa shape index (κ2) is 18.0. The van der Waals surface area contributed by atoms with Crippen molar-refractivity contribution in [2.75, 3.05) is 13.7 Å². The van der Waals surface area contributed by atoms with Gasteiger partial charge in [-0.15, -0.1) is 0 Å². The molecule has 1 saturated heterocycles. The highest BCUT2D eigenvalue weighted by Gasteiger charge is 2.67. The van der Waals surface area contributed by atoms with Gasteiger partial charge in [-0.1, -0.05) is 40.5 Å². The number of sulfonamides is 1. The number of carbonyl (C=O) groups is 4. The third kappa shape index (κ3) is 9.89. The summed E-state index contributed by atoms with van der Waals surface area (Å²) in [5.41, 5.74) is -1.09. The highest BCUT2D eigenvalue weighted by molar-refractivity contribution is 7.91. The Morgan fingerprint density at radius 1 is 1.06 bits per heavy atom. The monoisotopic (exact) mass is 890 g/mol. The van der Waals surface area contributed by atoms with Crippen LogP contribution in [0.4, 0.5) is 13.6 Å². The highest BCUT2D eigenvalue weighted by atomic mass is 32.2. The van der Waals surface area contributed by atoms with Crippen LogP contribution in [-0.4, -0.2) is 102 Å². The Morgan fingerprint density at radius 3 is 2.40 bits per heavy atom. The van der Waals surface area contributed by atoms with Crippen LogP contribution in [0, 0.1) is 23.2 Å². The Bertz CT molecular complexity index is 2120. The Labute approximate surface area is 363 Å². The number of nitrogens with zero attached hydrogens (tertiary/aromatic N) is 3. The van der Waals surface area contributed by atoms with E-state index in [-0.39, 0.29) is 35.9 Å². The predicted molar refractivity (Wildman–Crippen MR) is 227 cm³/mol. The van der Waals surface area contributed by atoms with Crippen molar-refractivity contribution in [1.29, 1.82) is 0 Å². The quantitative estimate of drug-likeness (QED) is 0.107. The molecule has 1 aliphatic heterocycles. The average molecular weight is 891 g/mol. The fourth-order valence-corrected chi connectivity index (χ4v) is 10.3.